The summed E-state index contributed by atoms with van der Waals surface area (Å²) in [4.78, 5) is 2.24. The zero-order valence-electron chi connectivity index (χ0n) is 18.0. The highest BCUT2D eigenvalue weighted by Crippen LogP contribution is 2.22. The van der Waals surface area contributed by atoms with Crippen LogP contribution in [0.2, 0.25) is 0 Å². The van der Waals surface area contributed by atoms with Crippen molar-refractivity contribution in [2.75, 3.05) is 26.2 Å². The molecule has 32 heavy (non-hydrogen) atoms. The molecule has 5 nitrogen and oxygen atoms in total. The van der Waals surface area contributed by atoms with Crippen LogP contribution in [0.15, 0.2) is 96.2 Å². The van der Waals surface area contributed by atoms with Gasteiger partial charge in [0.15, 0.2) is 0 Å². The minimum atomic E-state index is -0.569. The fourth-order valence-electron chi connectivity index (χ4n) is 3.92. The van der Waals surface area contributed by atoms with E-state index in [0.29, 0.717) is 18.0 Å². The standard InChI is InChI=1S/C27H28N2O3/c30-25(19-29-17-15-22(16-18-29)21-7-3-1-4-8-21)20-32-26-13-11-24(12-14-26)27(28-31)23-9-5-2-6-10-23/h1-15,25,30-31H,16-20H2. The predicted molar refractivity (Wildman–Crippen MR) is 127 cm³/mol. The van der Waals surface area contributed by atoms with Gasteiger partial charge in [-0.2, -0.15) is 0 Å². The van der Waals surface area contributed by atoms with Crippen molar-refractivity contribution in [2.24, 2.45) is 5.16 Å². The fraction of sp³-hybridized carbons (Fsp3) is 0.222. The third kappa shape index (κ3) is 5.63. The molecule has 0 spiro atoms. The molecule has 0 radical (unpaired) electrons. The first-order valence-electron chi connectivity index (χ1n) is 10.9. The molecule has 0 bridgehead atoms. The number of β-amino-alcohol motifs (C(OH)–C–C–N with tert-alkyl or cyclic N) is 1. The van der Waals surface area contributed by atoms with Gasteiger partial charge in [-0.25, -0.2) is 0 Å². The summed E-state index contributed by atoms with van der Waals surface area (Å²) >= 11 is 0. The van der Waals surface area contributed by atoms with E-state index in [4.69, 9.17) is 4.74 Å². The topological polar surface area (TPSA) is 65.3 Å². The van der Waals surface area contributed by atoms with Crippen LogP contribution in [0.25, 0.3) is 5.57 Å². The monoisotopic (exact) mass is 428 g/mol. The van der Waals surface area contributed by atoms with E-state index in [-0.39, 0.29) is 6.61 Å². The molecule has 3 aromatic rings. The van der Waals surface area contributed by atoms with E-state index in [0.717, 1.165) is 30.6 Å². The van der Waals surface area contributed by atoms with E-state index in [9.17, 15) is 10.3 Å². The highest BCUT2D eigenvalue weighted by atomic mass is 16.5. The maximum Gasteiger partial charge on any atom is 0.119 e. The molecule has 1 aliphatic heterocycles. The average Bonchev–Trinajstić information content (AvgIpc) is 2.86. The van der Waals surface area contributed by atoms with Gasteiger partial charge in [-0.1, -0.05) is 71.9 Å². The van der Waals surface area contributed by atoms with Gasteiger partial charge in [-0.15, -0.1) is 0 Å². The van der Waals surface area contributed by atoms with Crippen molar-refractivity contribution < 1.29 is 15.1 Å². The van der Waals surface area contributed by atoms with Crippen LogP contribution >= 0.6 is 0 Å². The summed E-state index contributed by atoms with van der Waals surface area (Å²) in [5.74, 6) is 0.669. The van der Waals surface area contributed by atoms with Crippen molar-refractivity contribution in [1.82, 2.24) is 4.90 Å². The van der Waals surface area contributed by atoms with E-state index < -0.39 is 6.10 Å². The van der Waals surface area contributed by atoms with Gasteiger partial charge in [-0.3, -0.25) is 4.90 Å². The number of ether oxygens (including phenoxy) is 1. The van der Waals surface area contributed by atoms with Crippen molar-refractivity contribution >= 4 is 11.3 Å². The van der Waals surface area contributed by atoms with Gasteiger partial charge in [0.05, 0.1) is 0 Å². The Morgan fingerprint density at radius 3 is 2.19 bits per heavy atom. The van der Waals surface area contributed by atoms with Gasteiger partial charge in [-0.05, 0) is 41.8 Å². The lowest BCUT2D eigenvalue weighted by Gasteiger charge is -2.28. The smallest absolute Gasteiger partial charge is 0.119 e. The quantitative estimate of drug-likeness (QED) is 0.316. The van der Waals surface area contributed by atoms with Gasteiger partial charge < -0.3 is 15.1 Å². The van der Waals surface area contributed by atoms with Crippen LogP contribution in [0.4, 0.5) is 0 Å². The zero-order valence-corrected chi connectivity index (χ0v) is 18.0. The molecule has 164 valence electrons. The molecular weight excluding hydrogens is 400 g/mol. The summed E-state index contributed by atoms with van der Waals surface area (Å²) in [6.45, 7) is 2.56. The number of nitrogens with zero attached hydrogens (tertiary/aromatic N) is 2. The Morgan fingerprint density at radius 2 is 1.56 bits per heavy atom. The van der Waals surface area contributed by atoms with Gasteiger partial charge in [0, 0.05) is 30.8 Å². The number of aliphatic hydroxyl groups excluding tert-OH is 1. The minimum Gasteiger partial charge on any atom is -0.491 e. The van der Waals surface area contributed by atoms with Crippen molar-refractivity contribution in [2.45, 2.75) is 12.5 Å². The molecular formula is C27H28N2O3. The molecule has 1 atom stereocenters. The van der Waals surface area contributed by atoms with Crippen LogP contribution < -0.4 is 4.74 Å². The SMILES string of the molecule is ON=C(c1ccccc1)c1ccc(OCC(O)CN2CC=C(c3ccccc3)CC2)cc1. The maximum absolute atomic E-state index is 10.4. The summed E-state index contributed by atoms with van der Waals surface area (Å²) < 4.78 is 5.78. The molecule has 2 N–H and O–H groups in total. The van der Waals surface area contributed by atoms with E-state index in [1.54, 1.807) is 0 Å². The lowest BCUT2D eigenvalue weighted by atomic mass is 9.99. The van der Waals surface area contributed by atoms with Crippen LogP contribution in [0, 0.1) is 0 Å². The molecule has 0 fully saturated rings. The number of hydrogen-bond acceptors (Lipinski definition) is 5. The number of benzene rings is 3. The predicted octanol–water partition coefficient (Wildman–Crippen LogP) is 4.44. The number of hydrogen-bond donors (Lipinski definition) is 2. The Hall–Kier alpha value is -3.41. The molecule has 0 amide bonds. The second-order valence-corrected chi connectivity index (χ2v) is 7.91. The second-order valence-electron chi connectivity index (χ2n) is 7.91. The molecule has 0 aromatic heterocycles. The van der Waals surface area contributed by atoms with Crippen LogP contribution in [0.1, 0.15) is 23.1 Å². The summed E-state index contributed by atoms with van der Waals surface area (Å²) in [7, 11) is 0. The van der Waals surface area contributed by atoms with Gasteiger partial charge in [0.2, 0.25) is 0 Å². The van der Waals surface area contributed by atoms with Crippen LogP contribution in [0.5, 0.6) is 5.75 Å². The van der Waals surface area contributed by atoms with Crippen LogP contribution in [-0.4, -0.2) is 53.3 Å². The lowest BCUT2D eigenvalue weighted by Crippen LogP contribution is -2.38. The first-order chi connectivity index (χ1) is 15.7. The fourth-order valence-corrected chi connectivity index (χ4v) is 3.92. The summed E-state index contributed by atoms with van der Waals surface area (Å²) in [5, 5.41) is 23.3. The summed E-state index contributed by atoms with van der Waals surface area (Å²) in [6, 6.07) is 27.3. The first-order valence-corrected chi connectivity index (χ1v) is 10.9. The molecule has 0 saturated heterocycles. The average molecular weight is 429 g/mol. The molecule has 0 aliphatic carbocycles. The van der Waals surface area contributed by atoms with Crippen molar-refractivity contribution in [3.63, 3.8) is 0 Å². The van der Waals surface area contributed by atoms with Crippen LogP contribution in [-0.2, 0) is 0 Å². The van der Waals surface area contributed by atoms with E-state index in [1.807, 2.05) is 60.7 Å². The lowest BCUT2D eigenvalue weighted by molar-refractivity contribution is 0.0717. The van der Waals surface area contributed by atoms with E-state index in [2.05, 4.69) is 40.4 Å². The Balaban J connectivity index is 1.26. The Kier molecular flexibility index (Phi) is 7.33. The van der Waals surface area contributed by atoms with Crippen molar-refractivity contribution in [1.29, 1.82) is 0 Å². The van der Waals surface area contributed by atoms with Crippen LogP contribution in [0.3, 0.4) is 0 Å². The van der Waals surface area contributed by atoms with Crippen molar-refractivity contribution in [3.8, 4) is 5.75 Å². The highest BCUT2D eigenvalue weighted by molar-refractivity contribution is 6.12. The molecule has 0 saturated carbocycles. The largest absolute Gasteiger partial charge is 0.491 e. The van der Waals surface area contributed by atoms with Gasteiger partial charge in [0.25, 0.3) is 0 Å². The first kappa shape index (κ1) is 21.8. The van der Waals surface area contributed by atoms with E-state index in [1.165, 1.54) is 11.1 Å². The molecule has 1 aliphatic rings. The zero-order chi connectivity index (χ0) is 22.2. The number of oxime groups is 1. The minimum absolute atomic E-state index is 0.227. The number of aliphatic hydroxyl groups is 1. The maximum atomic E-state index is 10.4. The Morgan fingerprint density at radius 1 is 0.906 bits per heavy atom. The third-order valence-electron chi connectivity index (χ3n) is 5.62. The summed E-state index contributed by atoms with van der Waals surface area (Å²) in [6.07, 6.45) is 2.66. The number of rotatable bonds is 8. The second kappa shape index (κ2) is 10.8. The molecule has 4 rings (SSSR count). The molecule has 5 heteroatoms. The highest BCUT2D eigenvalue weighted by Gasteiger charge is 2.17. The summed E-state index contributed by atoms with van der Waals surface area (Å²) in [5.41, 5.74) is 4.78. The Bertz CT molecular complexity index is 1050. The molecule has 1 unspecified atom stereocenters. The van der Waals surface area contributed by atoms with Crippen molar-refractivity contribution in [3.05, 3.63) is 108 Å². The molecule has 3 aromatic carbocycles. The van der Waals surface area contributed by atoms with Gasteiger partial charge >= 0.3 is 0 Å². The van der Waals surface area contributed by atoms with Gasteiger partial charge in [0.1, 0.15) is 24.2 Å². The van der Waals surface area contributed by atoms with E-state index >= 15 is 0 Å². The molecule has 1 heterocycles. The third-order valence-corrected chi connectivity index (χ3v) is 5.62. The normalized spacial score (nSPS) is 15.8. The Labute approximate surface area is 188 Å².